The number of benzene rings is 1. The first-order chi connectivity index (χ1) is 21.3. The van der Waals surface area contributed by atoms with Gasteiger partial charge in [-0.2, -0.15) is 4.98 Å². The van der Waals surface area contributed by atoms with E-state index in [0.717, 1.165) is 38.4 Å². The highest BCUT2D eigenvalue weighted by Gasteiger charge is 2.20. The number of nitrogens with zero attached hydrogens (tertiary/aromatic N) is 5. The second kappa shape index (κ2) is 16.1. The van der Waals surface area contributed by atoms with Gasteiger partial charge in [-0.25, -0.2) is 9.97 Å². The van der Waals surface area contributed by atoms with E-state index in [-0.39, 0.29) is 17.3 Å². The van der Waals surface area contributed by atoms with Gasteiger partial charge in [-0.3, -0.25) is 9.69 Å². The van der Waals surface area contributed by atoms with Crippen molar-refractivity contribution in [3.8, 4) is 0 Å². The second-order valence-electron chi connectivity index (χ2n) is 11.6. The topological polar surface area (TPSA) is 131 Å². The third kappa shape index (κ3) is 9.73. The molecule has 2 aromatic heterocycles. The Hall–Kier alpha value is -4.06. The van der Waals surface area contributed by atoms with Crippen molar-refractivity contribution in [1.82, 2.24) is 30.5 Å². The molecule has 5 N–H and O–H groups in total. The Morgan fingerprint density at radius 1 is 1.00 bits per heavy atom. The van der Waals surface area contributed by atoms with Crippen molar-refractivity contribution in [2.75, 3.05) is 68.4 Å². The van der Waals surface area contributed by atoms with Crippen molar-refractivity contribution in [1.29, 1.82) is 0 Å². The molecular weight excluding hydrogens is 554 g/mol. The van der Waals surface area contributed by atoms with Crippen molar-refractivity contribution >= 4 is 34.9 Å². The van der Waals surface area contributed by atoms with Crippen LogP contribution in [0.2, 0.25) is 0 Å². The number of piperazine rings is 1. The van der Waals surface area contributed by atoms with Crippen LogP contribution in [0.4, 0.5) is 29.0 Å². The van der Waals surface area contributed by atoms with E-state index in [1.165, 1.54) is 44.1 Å². The number of anilines is 5. The predicted octanol–water partition coefficient (Wildman–Crippen LogP) is 4.40. The Morgan fingerprint density at radius 2 is 1.75 bits per heavy atom. The van der Waals surface area contributed by atoms with Crippen molar-refractivity contribution < 1.29 is 9.90 Å². The average molecular weight is 602 g/mol. The summed E-state index contributed by atoms with van der Waals surface area (Å²) in [5.74, 6) is 0.725. The molecule has 1 fully saturated rings. The van der Waals surface area contributed by atoms with E-state index in [1.54, 1.807) is 38.1 Å². The third-order valence-corrected chi connectivity index (χ3v) is 7.57. The molecule has 44 heavy (non-hydrogen) atoms. The number of nitrogens with one attached hydrogen (secondary N) is 4. The van der Waals surface area contributed by atoms with Gasteiger partial charge in [0.25, 0.3) is 5.91 Å². The highest BCUT2D eigenvalue weighted by Crippen LogP contribution is 2.25. The molecule has 3 aromatic rings. The summed E-state index contributed by atoms with van der Waals surface area (Å²) in [4.78, 5) is 31.4. The molecule has 0 saturated carbocycles. The number of aromatic nitrogens is 3. The Bertz CT molecular complexity index is 1350. The fourth-order valence-corrected chi connectivity index (χ4v) is 5.04. The molecule has 1 aliphatic rings. The highest BCUT2D eigenvalue weighted by molar-refractivity contribution is 5.99. The summed E-state index contributed by atoms with van der Waals surface area (Å²) in [5, 5.41) is 22.8. The number of pyridine rings is 1. The lowest BCUT2D eigenvalue weighted by Crippen LogP contribution is -2.46. The quantitative estimate of drug-likeness (QED) is 0.119. The number of hydrogen-bond donors (Lipinski definition) is 5. The Morgan fingerprint density at radius 3 is 2.45 bits per heavy atom. The van der Waals surface area contributed by atoms with E-state index in [9.17, 15) is 9.90 Å². The van der Waals surface area contributed by atoms with Crippen LogP contribution < -0.4 is 26.2 Å². The maximum Gasteiger partial charge on any atom is 0.256 e. The van der Waals surface area contributed by atoms with E-state index in [4.69, 9.17) is 0 Å². The molecule has 3 heterocycles. The number of carbonyl (C=O) groups excluding carboxylic acids is 1. The third-order valence-electron chi connectivity index (χ3n) is 7.57. The number of carbonyl (C=O) groups is 1. The number of aliphatic hydroxyl groups is 1. The van der Waals surface area contributed by atoms with E-state index in [0.29, 0.717) is 24.0 Å². The highest BCUT2D eigenvalue weighted by atomic mass is 16.3. The normalized spacial score (nSPS) is 13.9. The van der Waals surface area contributed by atoms with Crippen LogP contribution in [0.5, 0.6) is 0 Å². The van der Waals surface area contributed by atoms with Crippen molar-refractivity contribution in [2.24, 2.45) is 0 Å². The van der Waals surface area contributed by atoms with Crippen LogP contribution in [0.1, 0.15) is 55.6 Å². The van der Waals surface area contributed by atoms with Crippen molar-refractivity contribution in [2.45, 2.75) is 45.1 Å². The summed E-state index contributed by atoms with van der Waals surface area (Å²) >= 11 is 0. The number of amides is 1. The molecular formula is C33H47N9O2. The average Bonchev–Trinajstić information content (AvgIpc) is 3.02. The minimum absolute atomic E-state index is 0.260. The van der Waals surface area contributed by atoms with Gasteiger partial charge in [-0.05, 0) is 83.2 Å². The Kier molecular flexibility index (Phi) is 12.0. The van der Waals surface area contributed by atoms with Crippen LogP contribution in [0, 0.1) is 0 Å². The summed E-state index contributed by atoms with van der Waals surface area (Å²) in [6, 6.07) is 13.5. The van der Waals surface area contributed by atoms with Crippen LogP contribution in [-0.2, 0) is 5.60 Å². The molecule has 236 valence electrons. The van der Waals surface area contributed by atoms with Crippen LogP contribution in [0.3, 0.4) is 0 Å². The molecule has 0 unspecified atom stereocenters. The zero-order chi connectivity index (χ0) is 31.4. The van der Waals surface area contributed by atoms with Gasteiger partial charge in [-0.15, -0.1) is 6.58 Å². The van der Waals surface area contributed by atoms with Gasteiger partial charge < -0.3 is 31.3 Å². The first-order valence-electron chi connectivity index (χ1n) is 15.5. The van der Waals surface area contributed by atoms with E-state index in [2.05, 4.69) is 64.7 Å². The van der Waals surface area contributed by atoms with E-state index in [1.807, 2.05) is 19.2 Å². The molecule has 1 aromatic carbocycles. The van der Waals surface area contributed by atoms with E-state index < -0.39 is 5.60 Å². The van der Waals surface area contributed by atoms with E-state index >= 15 is 0 Å². The number of unbranched alkanes of at least 4 members (excludes halogenated alkanes) is 3. The number of hydrogen-bond acceptors (Lipinski definition) is 10. The maximum absolute atomic E-state index is 12.8. The maximum atomic E-state index is 12.8. The van der Waals surface area contributed by atoms with Crippen LogP contribution in [-0.4, -0.2) is 83.7 Å². The molecule has 0 spiro atoms. The molecule has 1 aliphatic heterocycles. The summed E-state index contributed by atoms with van der Waals surface area (Å²) in [6.45, 7) is 13.8. The SMILES string of the molecule is C=CCNC(=O)c1cnc(Nc2ccc(N3CCN(CCCCCCNC)CC3)cc2)nc1Nc1cccc(C(C)(C)O)n1. The lowest BCUT2D eigenvalue weighted by molar-refractivity contribution is 0.0740. The standard InChI is InChI=1S/C33H47N9O2/c1-5-17-35-31(43)27-24-36-32(40-30(27)39-29-12-10-11-28(38-29)33(2,3)44)37-25-13-15-26(16-14-25)42-22-20-41(21-23-42)19-9-7-6-8-18-34-4/h5,10-16,24,34,44H,1,6-9,17-23H2,2-4H3,(H,35,43)(H2,36,37,38,39,40). The summed E-state index contributed by atoms with van der Waals surface area (Å²) in [7, 11) is 2.01. The summed E-state index contributed by atoms with van der Waals surface area (Å²) in [6.07, 6.45) is 8.21. The minimum Gasteiger partial charge on any atom is -0.384 e. The van der Waals surface area contributed by atoms with Crippen LogP contribution >= 0.6 is 0 Å². The van der Waals surface area contributed by atoms with Crippen molar-refractivity contribution in [3.63, 3.8) is 0 Å². The van der Waals surface area contributed by atoms with Gasteiger partial charge in [0.15, 0.2) is 0 Å². The molecule has 1 saturated heterocycles. The summed E-state index contributed by atoms with van der Waals surface area (Å²) < 4.78 is 0. The first-order valence-corrected chi connectivity index (χ1v) is 15.5. The molecule has 0 bridgehead atoms. The fourth-order valence-electron chi connectivity index (χ4n) is 5.04. The largest absolute Gasteiger partial charge is 0.384 e. The Balaban J connectivity index is 1.38. The van der Waals surface area contributed by atoms with Crippen molar-refractivity contribution in [3.05, 3.63) is 72.6 Å². The van der Waals surface area contributed by atoms with Gasteiger partial charge >= 0.3 is 0 Å². The predicted molar refractivity (Wildman–Crippen MR) is 178 cm³/mol. The lowest BCUT2D eigenvalue weighted by atomic mass is 10.1. The minimum atomic E-state index is -1.12. The Labute approximate surface area is 261 Å². The zero-order valence-corrected chi connectivity index (χ0v) is 26.3. The molecule has 11 nitrogen and oxygen atoms in total. The second-order valence-corrected chi connectivity index (χ2v) is 11.6. The van der Waals surface area contributed by atoms with Crippen LogP contribution in [0.25, 0.3) is 0 Å². The monoisotopic (exact) mass is 601 g/mol. The van der Waals surface area contributed by atoms with Gasteiger partial charge in [-0.1, -0.05) is 25.0 Å². The molecule has 11 heteroatoms. The first kappa shape index (κ1) is 32.8. The van der Waals surface area contributed by atoms with Crippen LogP contribution in [0.15, 0.2) is 61.3 Å². The summed E-state index contributed by atoms with van der Waals surface area (Å²) in [5.41, 5.74) is 1.66. The van der Waals surface area contributed by atoms with Gasteiger partial charge in [0.2, 0.25) is 5.95 Å². The fraction of sp³-hybridized carbons (Fsp3) is 0.455. The van der Waals surface area contributed by atoms with Gasteiger partial charge in [0, 0.05) is 50.3 Å². The molecule has 0 aliphatic carbocycles. The molecule has 0 atom stereocenters. The van der Waals surface area contributed by atoms with Gasteiger partial charge in [0.1, 0.15) is 22.8 Å². The molecule has 1 amide bonds. The zero-order valence-electron chi connectivity index (χ0n) is 26.3. The molecule has 4 rings (SSSR count). The number of rotatable bonds is 16. The lowest BCUT2D eigenvalue weighted by Gasteiger charge is -2.36. The molecule has 0 radical (unpaired) electrons. The smallest absolute Gasteiger partial charge is 0.256 e. The van der Waals surface area contributed by atoms with Gasteiger partial charge in [0.05, 0.1) is 5.69 Å².